The van der Waals surface area contributed by atoms with Crippen molar-refractivity contribution in [2.24, 2.45) is 7.05 Å². The smallest absolute Gasteiger partial charge is 0.178 e. The number of nitrogens with zero attached hydrogens (tertiary/aromatic N) is 1. The molecule has 0 amide bonds. The fourth-order valence-corrected chi connectivity index (χ4v) is 2.20. The Bertz CT molecular complexity index is 545. The molecule has 0 radical (unpaired) electrons. The Hall–Kier alpha value is -1.32. The van der Waals surface area contributed by atoms with Gasteiger partial charge >= 0.3 is 0 Å². The summed E-state index contributed by atoms with van der Waals surface area (Å²) < 4.78 is 1.89. The molecule has 84 valence electrons. The number of aromatic nitrogens is 1. The molecular formula is C12H13ClN2O. The fourth-order valence-electron chi connectivity index (χ4n) is 1.90. The summed E-state index contributed by atoms with van der Waals surface area (Å²) in [5.41, 5.74) is 1.61. The predicted octanol–water partition coefficient (Wildman–Crippen LogP) is 2.23. The molecule has 0 unspecified atom stereocenters. The van der Waals surface area contributed by atoms with Crippen molar-refractivity contribution in [3.8, 4) is 0 Å². The zero-order chi connectivity index (χ0) is 11.7. The lowest BCUT2D eigenvalue weighted by Gasteiger charge is -2.04. The Balaban J connectivity index is 2.66. The van der Waals surface area contributed by atoms with E-state index in [0.717, 1.165) is 10.9 Å². The quantitative estimate of drug-likeness (QED) is 0.830. The number of benzene rings is 1. The third-order valence-corrected chi connectivity index (χ3v) is 2.89. The largest absolute Gasteiger partial charge is 0.348 e. The fraction of sp³-hybridized carbons (Fsp3) is 0.250. The first-order chi connectivity index (χ1) is 7.65. The third-order valence-electron chi connectivity index (χ3n) is 2.59. The average molecular weight is 237 g/mol. The first kappa shape index (κ1) is 11.2. The minimum absolute atomic E-state index is 0.0750. The first-order valence-electron chi connectivity index (χ1n) is 5.06. The lowest BCUT2D eigenvalue weighted by atomic mass is 10.1. The zero-order valence-corrected chi connectivity index (χ0v) is 10.0. The topological polar surface area (TPSA) is 34.0 Å². The van der Waals surface area contributed by atoms with Gasteiger partial charge in [0, 0.05) is 24.2 Å². The van der Waals surface area contributed by atoms with Gasteiger partial charge in [0.2, 0.25) is 0 Å². The van der Waals surface area contributed by atoms with Crippen molar-refractivity contribution in [1.29, 1.82) is 0 Å². The number of rotatable bonds is 3. The highest BCUT2D eigenvalue weighted by molar-refractivity contribution is 6.36. The molecule has 1 aromatic heterocycles. The summed E-state index contributed by atoms with van der Waals surface area (Å²) in [6.07, 6.45) is 1.82. The van der Waals surface area contributed by atoms with Gasteiger partial charge in [-0.3, -0.25) is 4.79 Å². The van der Waals surface area contributed by atoms with Gasteiger partial charge in [-0.1, -0.05) is 23.7 Å². The highest BCUT2D eigenvalue weighted by Gasteiger charge is 2.13. The van der Waals surface area contributed by atoms with Gasteiger partial charge in [0.25, 0.3) is 0 Å². The van der Waals surface area contributed by atoms with Crippen LogP contribution in [-0.2, 0) is 7.05 Å². The standard InChI is InChI=1S/C12H13ClN2O/c1-14-6-11(16)9-5-3-4-8-10(13)7-15(2)12(8)9/h3-5,7,14H,6H2,1-2H3. The van der Waals surface area contributed by atoms with Crippen molar-refractivity contribution in [1.82, 2.24) is 9.88 Å². The molecule has 3 nitrogen and oxygen atoms in total. The molecule has 1 N–H and O–H groups in total. The number of ketones is 1. The summed E-state index contributed by atoms with van der Waals surface area (Å²) in [6, 6.07) is 5.61. The highest BCUT2D eigenvalue weighted by atomic mass is 35.5. The number of para-hydroxylation sites is 1. The molecule has 0 aliphatic rings. The minimum atomic E-state index is 0.0750. The number of halogens is 1. The third kappa shape index (κ3) is 1.72. The summed E-state index contributed by atoms with van der Waals surface area (Å²) in [6.45, 7) is 0.335. The van der Waals surface area contributed by atoms with E-state index in [1.807, 2.05) is 36.0 Å². The van der Waals surface area contributed by atoms with Gasteiger partial charge in [-0.15, -0.1) is 0 Å². The summed E-state index contributed by atoms with van der Waals surface area (Å²) in [5, 5.41) is 4.46. The van der Waals surface area contributed by atoms with Gasteiger partial charge < -0.3 is 9.88 Å². The van der Waals surface area contributed by atoms with Crippen molar-refractivity contribution >= 4 is 28.3 Å². The molecule has 2 rings (SSSR count). The van der Waals surface area contributed by atoms with Crippen LogP contribution in [0.5, 0.6) is 0 Å². The Morgan fingerprint density at radius 3 is 2.94 bits per heavy atom. The Morgan fingerprint density at radius 1 is 1.50 bits per heavy atom. The molecule has 0 saturated heterocycles. The number of hydrogen-bond acceptors (Lipinski definition) is 2. The van der Waals surface area contributed by atoms with Gasteiger partial charge in [-0.2, -0.15) is 0 Å². The van der Waals surface area contributed by atoms with Gasteiger partial charge in [0.15, 0.2) is 5.78 Å². The van der Waals surface area contributed by atoms with Crippen LogP contribution in [0.2, 0.25) is 5.02 Å². The second-order valence-corrected chi connectivity index (χ2v) is 4.15. The van der Waals surface area contributed by atoms with Gasteiger partial charge in [-0.05, 0) is 13.1 Å². The molecule has 16 heavy (non-hydrogen) atoms. The van der Waals surface area contributed by atoms with E-state index in [1.54, 1.807) is 7.05 Å². The van der Waals surface area contributed by atoms with Crippen LogP contribution >= 0.6 is 11.6 Å². The summed E-state index contributed by atoms with van der Waals surface area (Å²) in [7, 11) is 3.65. The van der Waals surface area contributed by atoms with E-state index >= 15 is 0 Å². The Morgan fingerprint density at radius 2 is 2.25 bits per heavy atom. The molecule has 0 aliphatic carbocycles. The number of carbonyl (C=O) groups is 1. The summed E-state index contributed by atoms with van der Waals surface area (Å²) in [5.74, 6) is 0.0750. The second kappa shape index (κ2) is 4.28. The molecule has 0 saturated carbocycles. The maximum atomic E-state index is 11.9. The van der Waals surface area contributed by atoms with Crippen molar-refractivity contribution in [2.45, 2.75) is 0 Å². The normalized spacial score (nSPS) is 10.9. The maximum absolute atomic E-state index is 11.9. The van der Waals surface area contributed by atoms with E-state index in [9.17, 15) is 4.79 Å². The van der Waals surface area contributed by atoms with E-state index in [1.165, 1.54) is 0 Å². The molecule has 4 heteroatoms. The number of carbonyl (C=O) groups excluding carboxylic acids is 1. The lowest BCUT2D eigenvalue weighted by molar-refractivity contribution is 0.0995. The first-order valence-corrected chi connectivity index (χ1v) is 5.44. The van der Waals surface area contributed by atoms with Crippen molar-refractivity contribution in [2.75, 3.05) is 13.6 Å². The van der Waals surface area contributed by atoms with Gasteiger partial charge in [0.1, 0.15) is 0 Å². The van der Waals surface area contributed by atoms with Crippen LogP contribution < -0.4 is 5.32 Å². The van der Waals surface area contributed by atoms with E-state index in [2.05, 4.69) is 5.32 Å². The van der Waals surface area contributed by atoms with Crippen LogP contribution in [0.1, 0.15) is 10.4 Å². The molecular weight excluding hydrogens is 224 g/mol. The number of aryl methyl sites for hydroxylation is 1. The highest BCUT2D eigenvalue weighted by Crippen LogP contribution is 2.27. The van der Waals surface area contributed by atoms with Gasteiger partial charge in [0.05, 0.1) is 17.1 Å². The average Bonchev–Trinajstić information content (AvgIpc) is 2.55. The van der Waals surface area contributed by atoms with Gasteiger partial charge in [-0.25, -0.2) is 0 Å². The number of nitrogens with one attached hydrogen (secondary N) is 1. The van der Waals surface area contributed by atoms with Crippen LogP contribution in [0.25, 0.3) is 10.9 Å². The molecule has 1 heterocycles. The SMILES string of the molecule is CNCC(=O)c1cccc2c(Cl)cn(C)c12. The summed E-state index contributed by atoms with van der Waals surface area (Å²) >= 11 is 6.08. The lowest BCUT2D eigenvalue weighted by Crippen LogP contribution is -2.19. The molecule has 0 fully saturated rings. The van der Waals surface area contributed by atoms with E-state index in [-0.39, 0.29) is 5.78 Å². The summed E-state index contributed by atoms with van der Waals surface area (Å²) in [4.78, 5) is 11.9. The molecule has 0 atom stereocenters. The van der Waals surface area contributed by atoms with Crippen LogP contribution in [0.4, 0.5) is 0 Å². The van der Waals surface area contributed by atoms with Crippen molar-refractivity contribution in [3.63, 3.8) is 0 Å². The minimum Gasteiger partial charge on any atom is -0.348 e. The molecule has 0 aliphatic heterocycles. The van der Waals surface area contributed by atoms with Crippen molar-refractivity contribution in [3.05, 3.63) is 35.0 Å². The zero-order valence-electron chi connectivity index (χ0n) is 9.25. The molecule has 1 aromatic carbocycles. The monoisotopic (exact) mass is 236 g/mol. The molecule has 2 aromatic rings. The van der Waals surface area contributed by atoms with E-state index in [0.29, 0.717) is 17.1 Å². The Kier molecular flexibility index (Phi) is 2.99. The maximum Gasteiger partial charge on any atom is 0.178 e. The van der Waals surface area contributed by atoms with Crippen LogP contribution in [0.3, 0.4) is 0 Å². The van der Waals surface area contributed by atoms with E-state index in [4.69, 9.17) is 11.6 Å². The number of likely N-dealkylation sites (N-methyl/N-ethyl adjacent to an activating group) is 1. The second-order valence-electron chi connectivity index (χ2n) is 3.74. The van der Waals surface area contributed by atoms with Crippen LogP contribution in [-0.4, -0.2) is 23.9 Å². The van der Waals surface area contributed by atoms with E-state index < -0.39 is 0 Å². The number of hydrogen-bond donors (Lipinski definition) is 1. The van der Waals surface area contributed by atoms with Crippen LogP contribution in [0, 0.1) is 0 Å². The Labute approximate surface area is 99.0 Å². The number of Topliss-reactive ketones (excluding diaryl/α,β-unsaturated/α-hetero) is 1. The number of fused-ring (bicyclic) bond motifs is 1. The molecule has 0 spiro atoms. The predicted molar refractivity (Wildman–Crippen MR) is 66.2 cm³/mol. The van der Waals surface area contributed by atoms with Crippen LogP contribution in [0.15, 0.2) is 24.4 Å². The van der Waals surface area contributed by atoms with Crippen molar-refractivity contribution < 1.29 is 4.79 Å². The molecule has 0 bridgehead atoms.